The first-order valence-corrected chi connectivity index (χ1v) is 22.3. The number of nitrogens with one attached hydrogen (secondary N) is 4. The zero-order chi connectivity index (χ0) is 43.6. The van der Waals surface area contributed by atoms with Crippen molar-refractivity contribution in [3.8, 4) is 0 Å². The van der Waals surface area contributed by atoms with Crippen molar-refractivity contribution in [3.05, 3.63) is 71.6 Å². The van der Waals surface area contributed by atoms with E-state index in [1.807, 2.05) is 30.3 Å². The van der Waals surface area contributed by atoms with Crippen LogP contribution >= 0.6 is 0 Å². The fourth-order valence-corrected chi connectivity index (χ4v) is 9.75. The lowest BCUT2D eigenvalue weighted by molar-refractivity contribution is -0.136. The normalized spacial score (nSPS) is 22.2. The number of likely N-dealkylation sites (tertiary alicyclic amines) is 2. The first-order valence-electron chi connectivity index (χ1n) is 22.3. The molecule has 63 heavy (non-hydrogen) atoms. The molecular formula is C45H54N12O6. The van der Waals surface area contributed by atoms with Gasteiger partial charge in [-0.3, -0.25) is 39.0 Å². The summed E-state index contributed by atoms with van der Waals surface area (Å²) in [5, 5.41) is 12.1. The quantitative estimate of drug-likeness (QED) is 0.134. The molecule has 4 fully saturated rings. The van der Waals surface area contributed by atoms with Gasteiger partial charge in [-0.15, -0.1) is 0 Å². The molecule has 0 bridgehead atoms. The highest BCUT2D eigenvalue weighted by Gasteiger charge is 2.44. The summed E-state index contributed by atoms with van der Waals surface area (Å²) in [6.07, 6.45) is 10.9. The van der Waals surface area contributed by atoms with Gasteiger partial charge in [-0.25, -0.2) is 19.9 Å². The predicted octanol–water partition coefficient (Wildman–Crippen LogP) is 3.32. The van der Waals surface area contributed by atoms with Crippen LogP contribution in [0.25, 0.3) is 11.2 Å². The number of carbonyl (C=O) groups is 6. The molecule has 18 heteroatoms. The topological polar surface area (TPSA) is 217 Å². The number of imidazole rings is 1. The number of hydrogen-bond donors (Lipinski definition) is 4. The van der Waals surface area contributed by atoms with Crippen molar-refractivity contribution in [1.29, 1.82) is 0 Å². The fraction of sp³-hybridized carbons (Fsp3) is 0.511. The van der Waals surface area contributed by atoms with Gasteiger partial charge in [-0.05, 0) is 114 Å². The number of pyridine rings is 1. The van der Waals surface area contributed by atoms with Crippen molar-refractivity contribution in [1.82, 2.24) is 49.8 Å². The number of hydrogen-bond acceptors (Lipinski definition) is 13. The Morgan fingerprint density at radius 2 is 1.62 bits per heavy atom. The van der Waals surface area contributed by atoms with E-state index in [9.17, 15) is 28.8 Å². The number of piperidine rings is 3. The average Bonchev–Trinajstić information content (AvgIpc) is 3.80. The number of aryl methyl sites for hydroxylation is 1. The summed E-state index contributed by atoms with van der Waals surface area (Å²) in [4.78, 5) is 99.5. The van der Waals surface area contributed by atoms with E-state index in [1.165, 1.54) is 0 Å². The number of carbonyl (C=O) groups excluding carboxylic acids is 6. The third-order valence-electron chi connectivity index (χ3n) is 13.5. The zero-order valence-corrected chi connectivity index (χ0v) is 35.6. The Balaban J connectivity index is 0.653. The number of fused-ring (bicyclic) bond motifs is 2. The first kappa shape index (κ1) is 42.0. The maximum atomic E-state index is 13.2. The molecule has 1 saturated carbocycles. The van der Waals surface area contributed by atoms with Crippen molar-refractivity contribution in [2.24, 2.45) is 11.8 Å². The SMILES string of the molecule is Cc1cccc(C(=O)NC2CC(n3cnc4c(NCCC5CCN(CC6CCN(C(=O)CCNc7ccc8c(c7)C(=O)N([C@H]7CCC(=O)NC7=O)C8=O)CC6)CC5)ncnc43)C2)n1. The van der Waals surface area contributed by atoms with Gasteiger partial charge < -0.3 is 30.3 Å². The van der Waals surface area contributed by atoms with Crippen molar-refractivity contribution in [2.75, 3.05) is 56.4 Å². The molecule has 3 aromatic heterocycles. The van der Waals surface area contributed by atoms with Crippen molar-refractivity contribution >= 4 is 58.1 Å². The van der Waals surface area contributed by atoms with Crippen LogP contribution in [0.15, 0.2) is 49.1 Å². The van der Waals surface area contributed by atoms with E-state index in [4.69, 9.17) is 0 Å². The Morgan fingerprint density at radius 1 is 0.841 bits per heavy atom. The molecule has 9 rings (SSSR count). The summed E-state index contributed by atoms with van der Waals surface area (Å²) in [6, 6.07) is 9.60. The van der Waals surface area contributed by atoms with Crippen molar-refractivity contribution in [3.63, 3.8) is 0 Å². The van der Waals surface area contributed by atoms with E-state index in [0.717, 1.165) is 112 Å². The minimum Gasteiger partial charge on any atom is -0.385 e. The van der Waals surface area contributed by atoms with Crippen LogP contribution in [0.1, 0.15) is 107 Å². The molecule has 1 atom stereocenters. The van der Waals surface area contributed by atoms with Crippen LogP contribution < -0.4 is 21.3 Å². The van der Waals surface area contributed by atoms with Gasteiger partial charge in [-0.2, -0.15) is 0 Å². The Morgan fingerprint density at radius 3 is 2.40 bits per heavy atom. The molecule has 5 aliphatic rings. The lowest BCUT2D eigenvalue weighted by Gasteiger charge is -2.37. The summed E-state index contributed by atoms with van der Waals surface area (Å²) in [5.41, 5.74) is 3.87. The number of nitrogens with zero attached hydrogens (tertiary/aromatic N) is 8. The third-order valence-corrected chi connectivity index (χ3v) is 13.5. The maximum absolute atomic E-state index is 13.2. The lowest BCUT2D eigenvalue weighted by atomic mass is 9.86. The Kier molecular flexibility index (Phi) is 12.1. The van der Waals surface area contributed by atoms with Crippen LogP contribution in [0.4, 0.5) is 11.5 Å². The molecule has 3 saturated heterocycles. The smallest absolute Gasteiger partial charge is 0.270 e. The molecule has 0 radical (unpaired) electrons. The number of anilines is 2. The van der Waals surface area contributed by atoms with Crippen LogP contribution in [0.2, 0.25) is 0 Å². The van der Waals surface area contributed by atoms with Gasteiger partial charge in [0.25, 0.3) is 17.7 Å². The van der Waals surface area contributed by atoms with Gasteiger partial charge in [0.1, 0.15) is 23.6 Å². The second kappa shape index (κ2) is 18.2. The molecule has 4 aliphatic heterocycles. The molecule has 1 aromatic carbocycles. The molecule has 7 heterocycles. The lowest BCUT2D eigenvalue weighted by Crippen LogP contribution is -2.54. The minimum atomic E-state index is -1.01. The summed E-state index contributed by atoms with van der Waals surface area (Å²) >= 11 is 0. The summed E-state index contributed by atoms with van der Waals surface area (Å²) in [6.45, 7) is 7.80. The summed E-state index contributed by atoms with van der Waals surface area (Å²) in [7, 11) is 0. The largest absolute Gasteiger partial charge is 0.385 e. The molecule has 0 unspecified atom stereocenters. The second-order valence-corrected chi connectivity index (χ2v) is 17.7. The van der Waals surface area contributed by atoms with Crippen LogP contribution in [0.3, 0.4) is 0 Å². The molecule has 330 valence electrons. The van der Waals surface area contributed by atoms with Crippen LogP contribution in [0, 0.1) is 18.8 Å². The number of aromatic nitrogens is 5. The van der Waals surface area contributed by atoms with Crippen LogP contribution in [-0.2, 0) is 14.4 Å². The molecule has 4 N–H and O–H groups in total. The van der Waals surface area contributed by atoms with Gasteiger partial charge >= 0.3 is 0 Å². The monoisotopic (exact) mass is 858 g/mol. The number of benzene rings is 1. The van der Waals surface area contributed by atoms with E-state index >= 15 is 0 Å². The minimum absolute atomic E-state index is 0.0653. The highest BCUT2D eigenvalue weighted by atomic mass is 16.2. The van der Waals surface area contributed by atoms with E-state index < -0.39 is 29.7 Å². The molecular weight excluding hydrogens is 805 g/mol. The summed E-state index contributed by atoms with van der Waals surface area (Å²) in [5.74, 6) is -0.251. The fourth-order valence-electron chi connectivity index (χ4n) is 9.75. The predicted molar refractivity (Wildman–Crippen MR) is 232 cm³/mol. The number of amides is 6. The van der Waals surface area contributed by atoms with E-state index in [-0.39, 0.29) is 47.9 Å². The number of imide groups is 2. The average molecular weight is 859 g/mol. The van der Waals surface area contributed by atoms with E-state index in [0.29, 0.717) is 36.2 Å². The van der Waals surface area contributed by atoms with E-state index in [1.54, 1.807) is 30.6 Å². The van der Waals surface area contributed by atoms with Gasteiger partial charge in [0.2, 0.25) is 17.7 Å². The van der Waals surface area contributed by atoms with Crippen molar-refractivity contribution < 1.29 is 28.8 Å². The maximum Gasteiger partial charge on any atom is 0.270 e. The molecule has 1 aliphatic carbocycles. The Hall–Kier alpha value is -6.30. The van der Waals surface area contributed by atoms with Gasteiger partial charge in [0, 0.05) is 69.0 Å². The Labute approximate surface area is 365 Å². The van der Waals surface area contributed by atoms with Crippen LogP contribution in [0.5, 0.6) is 0 Å². The molecule has 0 spiro atoms. The molecule has 18 nitrogen and oxygen atoms in total. The van der Waals surface area contributed by atoms with Crippen LogP contribution in [-0.4, -0.2) is 133 Å². The van der Waals surface area contributed by atoms with Gasteiger partial charge in [0.05, 0.1) is 17.5 Å². The second-order valence-electron chi connectivity index (χ2n) is 17.7. The van der Waals surface area contributed by atoms with Gasteiger partial charge in [-0.1, -0.05) is 6.07 Å². The number of rotatable bonds is 14. The first-order chi connectivity index (χ1) is 30.6. The standard InChI is InChI=1S/C45H54N12O6/c1-27-3-2-4-35(51-27)42(60)52-31-21-32(22-31)56-26-50-39-40(48-25-49-41(39)56)47-15-9-28-11-17-54(18-12-28)24-29-13-19-55(20-14-29)38(59)10-16-46-30-5-6-33-34(23-30)45(63)57(44(33)62)36-7-8-37(58)53-43(36)61/h2-6,23,25-26,28-29,31-32,36,46H,7-22,24H2,1H3,(H,52,60)(H,47,48,49)(H,53,58,61)/t31?,32?,36-/m0/s1. The van der Waals surface area contributed by atoms with Gasteiger partial charge in [0.15, 0.2) is 11.5 Å². The van der Waals surface area contributed by atoms with E-state index in [2.05, 4.69) is 50.7 Å². The molecule has 6 amide bonds. The third kappa shape index (κ3) is 9.12. The highest BCUT2D eigenvalue weighted by Crippen LogP contribution is 2.35. The zero-order valence-electron chi connectivity index (χ0n) is 35.6. The molecule has 4 aromatic rings. The Bertz CT molecular complexity index is 2420. The summed E-state index contributed by atoms with van der Waals surface area (Å²) < 4.78 is 2.10. The highest BCUT2D eigenvalue weighted by molar-refractivity contribution is 6.23. The van der Waals surface area contributed by atoms with Crippen molar-refractivity contribution in [2.45, 2.75) is 89.3 Å².